The predicted octanol–water partition coefficient (Wildman–Crippen LogP) is 2.77. The molecule has 3 amide bonds. The minimum atomic E-state index is -0.546. The van der Waals surface area contributed by atoms with Gasteiger partial charge in [-0.05, 0) is 68.4 Å². The molecule has 27 heavy (non-hydrogen) atoms. The van der Waals surface area contributed by atoms with E-state index in [1.807, 2.05) is 0 Å². The Bertz CT molecular complexity index is 726. The van der Waals surface area contributed by atoms with E-state index in [1.165, 1.54) is 43.5 Å². The van der Waals surface area contributed by atoms with E-state index < -0.39 is 16.9 Å². The monoisotopic (exact) mass is 373 g/mol. The van der Waals surface area contributed by atoms with Gasteiger partial charge in [-0.25, -0.2) is 4.79 Å². The number of nitro benzene ring substituents is 1. The quantitative estimate of drug-likeness (QED) is 0.609. The second kappa shape index (κ2) is 6.83. The molecule has 0 unspecified atom stereocenters. The van der Waals surface area contributed by atoms with Crippen molar-refractivity contribution in [1.29, 1.82) is 0 Å². The van der Waals surface area contributed by atoms with Crippen molar-refractivity contribution in [2.45, 2.75) is 44.1 Å². The molecule has 1 aromatic rings. The normalized spacial score (nSPS) is 30.6. The maximum absolute atomic E-state index is 12.3. The highest BCUT2D eigenvalue weighted by Gasteiger charge is 2.51. The van der Waals surface area contributed by atoms with E-state index in [0.717, 1.165) is 19.3 Å². The summed E-state index contributed by atoms with van der Waals surface area (Å²) in [6, 6.07) is 4.97. The number of hydrogen-bond donors (Lipinski definition) is 2. The van der Waals surface area contributed by atoms with Crippen LogP contribution in [0.4, 0.5) is 10.5 Å². The van der Waals surface area contributed by atoms with Gasteiger partial charge in [0.1, 0.15) is 5.75 Å². The molecule has 4 bridgehead atoms. The first-order chi connectivity index (χ1) is 12.9. The molecule has 4 saturated carbocycles. The number of carbonyl (C=O) groups is 2. The molecule has 0 atom stereocenters. The molecule has 0 aliphatic heterocycles. The SMILES string of the molecule is O=C(COc1ccc([N+](=O)[O-])cc1)NC(=O)NC12CC3CC(CC(C3)C1)C2. The number of rotatable bonds is 5. The summed E-state index contributed by atoms with van der Waals surface area (Å²) in [5.74, 6) is 1.90. The van der Waals surface area contributed by atoms with Crippen molar-refractivity contribution in [3.8, 4) is 5.75 Å². The number of nitro groups is 1. The van der Waals surface area contributed by atoms with Gasteiger partial charge in [-0.3, -0.25) is 20.2 Å². The maximum Gasteiger partial charge on any atom is 0.321 e. The Kier molecular flexibility index (Phi) is 4.49. The van der Waals surface area contributed by atoms with E-state index in [1.54, 1.807) is 0 Å². The molecule has 8 nitrogen and oxygen atoms in total. The molecule has 4 fully saturated rings. The number of ether oxygens (including phenoxy) is 1. The van der Waals surface area contributed by atoms with Gasteiger partial charge in [-0.1, -0.05) is 0 Å². The Balaban J connectivity index is 1.26. The minimum absolute atomic E-state index is 0.0539. The lowest BCUT2D eigenvalue weighted by Gasteiger charge is -2.56. The molecular weight excluding hydrogens is 350 g/mol. The Morgan fingerprint density at radius 1 is 1.07 bits per heavy atom. The smallest absolute Gasteiger partial charge is 0.321 e. The number of amides is 3. The molecule has 144 valence electrons. The second-order valence-electron chi connectivity index (χ2n) is 8.24. The highest BCUT2D eigenvalue weighted by atomic mass is 16.6. The number of imide groups is 1. The number of hydrogen-bond acceptors (Lipinski definition) is 5. The van der Waals surface area contributed by atoms with Crippen molar-refractivity contribution >= 4 is 17.6 Å². The predicted molar refractivity (Wildman–Crippen MR) is 96.2 cm³/mol. The van der Waals surface area contributed by atoms with Crippen LogP contribution in [0.1, 0.15) is 38.5 Å². The Labute approximate surface area is 156 Å². The van der Waals surface area contributed by atoms with Gasteiger partial charge in [0.05, 0.1) is 4.92 Å². The molecule has 2 N–H and O–H groups in total. The van der Waals surface area contributed by atoms with E-state index >= 15 is 0 Å². The van der Waals surface area contributed by atoms with Crippen LogP contribution in [0.5, 0.6) is 5.75 Å². The largest absolute Gasteiger partial charge is 0.484 e. The van der Waals surface area contributed by atoms with E-state index in [0.29, 0.717) is 23.5 Å². The van der Waals surface area contributed by atoms with E-state index in [4.69, 9.17) is 4.74 Å². The van der Waals surface area contributed by atoms with Gasteiger partial charge in [-0.15, -0.1) is 0 Å². The van der Waals surface area contributed by atoms with Gasteiger partial charge in [0.2, 0.25) is 0 Å². The number of urea groups is 1. The van der Waals surface area contributed by atoms with Crippen LogP contribution in [-0.4, -0.2) is 29.0 Å². The van der Waals surface area contributed by atoms with E-state index in [9.17, 15) is 19.7 Å². The lowest BCUT2D eigenvalue weighted by Crippen LogP contribution is -2.62. The lowest BCUT2D eigenvalue weighted by atomic mass is 9.53. The summed E-state index contributed by atoms with van der Waals surface area (Å²) in [7, 11) is 0. The number of non-ortho nitro benzene ring substituents is 1. The molecule has 0 radical (unpaired) electrons. The average molecular weight is 373 g/mol. The first-order valence-electron chi connectivity index (χ1n) is 9.40. The summed E-state index contributed by atoms with van der Waals surface area (Å²) in [4.78, 5) is 34.4. The van der Waals surface area contributed by atoms with Gasteiger partial charge in [-0.2, -0.15) is 0 Å². The third-order valence-corrected chi connectivity index (χ3v) is 6.09. The number of carbonyl (C=O) groups excluding carboxylic acids is 2. The molecule has 0 spiro atoms. The van der Waals surface area contributed by atoms with Gasteiger partial charge < -0.3 is 10.1 Å². The van der Waals surface area contributed by atoms with Crippen LogP contribution in [0, 0.1) is 27.9 Å². The standard InChI is InChI=1S/C19H23N3O5/c23-17(11-27-16-3-1-15(2-4-16)22(25)26)20-18(24)21-19-8-12-5-13(9-19)7-14(6-12)10-19/h1-4,12-14H,5-11H2,(H2,20,21,23,24). The van der Waals surface area contributed by atoms with Crippen LogP contribution in [0.25, 0.3) is 0 Å². The molecule has 0 aromatic heterocycles. The third-order valence-electron chi connectivity index (χ3n) is 6.09. The minimum Gasteiger partial charge on any atom is -0.484 e. The zero-order valence-electron chi connectivity index (χ0n) is 15.0. The van der Waals surface area contributed by atoms with Gasteiger partial charge in [0.25, 0.3) is 11.6 Å². The lowest BCUT2D eigenvalue weighted by molar-refractivity contribution is -0.384. The summed E-state index contributed by atoms with van der Waals surface area (Å²) in [6.45, 7) is -0.327. The first-order valence-corrected chi connectivity index (χ1v) is 9.40. The summed E-state index contributed by atoms with van der Waals surface area (Å²) in [5, 5.41) is 16.0. The van der Waals surface area contributed by atoms with Crippen LogP contribution < -0.4 is 15.4 Å². The van der Waals surface area contributed by atoms with Crippen molar-refractivity contribution in [2.75, 3.05) is 6.61 Å². The number of nitrogens with zero attached hydrogens (tertiary/aromatic N) is 1. The highest BCUT2D eigenvalue weighted by Crippen LogP contribution is 2.55. The Morgan fingerprint density at radius 2 is 1.63 bits per heavy atom. The first kappa shape index (κ1) is 17.8. The molecule has 8 heteroatoms. The Morgan fingerprint density at radius 3 is 2.15 bits per heavy atom. The third kappa shape index (κ3) is 3.89. The number of nitrogens with one attached hydrogen (secondary N) is 2. The Hall–Kier alpha value is -2.64. The van der Waals surface area contributed by atoms with Crippen LogP contribution in [0.2, 0.25) is 0 Å². The summed E-state index contributed by atoms with van der Waals surface area (Å²) < 4.78 is 5.28. The van der Waals surface area contributed by atoms with Crippen molar-refractivity contribution in [3.63, 3.8) is 0 Å². The zero-order valence-corrected chi connectivity index (χ0v) is 15.0. The molecule has 4 aliphatic carbocycles. The van der Waals surface area contributed by atoms with E-state index in [-0.39, 0.29) is 17.8 Å². The maximum atomic E-state index is 12.3. The summed E-state index contributed by atoms with van der Waals surface area (Å²) in [5.41, 5.74) is -0.208. The summed E-state index contributed by atoms with van der Waals surface area (Å²) >= 11 is 0. The molecular formula is C19H23N3O5. The second-order valence-corrected chi connectivity index (χ2v) is 8.24. The van der Waals surface area contributed by atoms with Crippen molar-refractivity contribution in [2.24, 2.45) is 17.8 Å². The molecule has 0 saturated heterocycles. The van der Waals surface area contributed by atoms with Gasteiger partial charge >= 0.3 is 6.03 Å². The van der Waals surface area contributed by atoms with Crippen LogP contribution in [-0.2, 0) is 4.79 Å². The van der Waals surface area contributed by atoms with Gasteiger partial charge in [0.15, 0.2) is 6.61 Å². The molecule has 5 rings (SSSR count). The molecule has 4 aliphatic rings. The zero-order chi connectivity index (χ0) is 19.0. The highest BCUT2D eigenvalue weighted by molar-refractivity contribution is 5.95. The van der Waals surface area contributed by atoms with Gasteiger partial charge in [0, 0.05) is 17.7 Å². The fraction of sp³-hybridized carbons (Fsp3) is 0.579. The fourth-order valence-corrected chi connectivity index (χ4v) is 5.51. The van der Waals surface area contributed by atoms with Crippen molar-refractivity contribution in [3.05, 3.63) is 34.4 Å². The van der Waals surface area contributed by atoms with Crippen LogP contribution in [0.15, 0.2) is 24.3 Å². The van der Waals surface area contributed by atoms with Crippen molar-refractivity contribution in [1.82, 2.24) is 10.6 Å². The molecule has 0 heterocycles. The van der Waals surface area contributed by atoms with Crippen molar-refractivity contribution < 1.29 is 19.2 Å². The van der Waals surface area contributed by atoms with Crippen LogP contribution in [0.3, 0.4) is 0 Å². The van der Waals surface area contributed by atoms with Crippen LogP contribution >= 0.6 is 0 Å². The van der Waals surface area contributed by atoms with E-state index in [2.05, 4.69) is 10.6 Å². The topological polar surface area (TPSA) is 111 Å². The average Bonchev–Trinajstić information content (AvgIpc) is 2.58. The number of benzene rings is 1. The molecule has 1 aromatic carbocycles. The fourth-order valence-electron chi connectivity index (χ4n) is 5.51. The summed E-state index contributed by atoms with van der Waals surface area (Å²) in [6.07, 6.45) is 6.89.